The predicted octanol–water partition coefficient (Wildman–Crippen LogP) is 2.25. The second-order valence-electron chi connectivity index (χ2n) is 4.60. The zero-order valence-electron chi connectivity index (χ0n) is 9.82. The van der Waals surface area contributed by atoms with Gasteiger partial charge in [0, 0.05) is 19.6 Å². The van der Waals surface area contributed by atoms with Crippen LogP contribution in [0.25, 0.3) is 0 Å². The largest absolute Gasteiger partial charge is 0.301 e. The van der Waals surface area contributed by atoms with Gasteiger partial charge in [0.05, 0.1) is 12.0 Å². The quantitative estimate of drug-likeness (QED) is 0.755. The number of fused-ring (bicyclic) bond motifs is 1. The lowest BCUT2D eigenvalue weighted by atomic mass is 10.0. The van der Waals surface area contributed by atoms with E-state index in [-0.39, 0.29) is 5.92 Å². The number of nitriles is 1. The molecular weight excluding hydrogens is 196 g/mol. The summed E-state index contributed by atoms with van der Waals surface area (Å²) < 4.78 is 0. The van der Waals surface area contributed by atoms with Crippen molar-refractivity contribution in [3.05, 3.63) is 35.4 Å². The van der Waals surface area contributed by atoms with E-state index < -0.39 is 0 Å². The Balaban J connectivity index is 2.00. The molecule has 0 fully saturated rings. The molecule has 2 rings (SSSR count). The minimum Gasteiger partial charge on any atom is -0.301 e. The van der Waals surface area contributed by atoms with Crippen LogP contribution >= 0.6 is 0 Å². The number of rotatable bonds is 2. The molecule has 0 N–H and O–H groups in total. The van der Waals surface area contributed by atoms with E-state index in [1.807, 2.05) is 6.92 Å². The van der Waals surface area contributed by atoms with E-state index in [2.05, 4.69) is 35.2 Å². The molecule has 84 valence electrons. The van der Waals surface area contributed by atoms with Crippen LogP contribution in [0.5, 0.6) is 0 Å². The van der Waals surface area contributed by atoms with Crippen LogP contribution in [0, 0.1) is 17.2 Å². The summed E-state index contributed by atoms with van der Waals surface area (Å²) in [7, 11) is 0. The van der Waals surface area contributed by atoms with Gasteiger partial charge >= 0.3 is 0 Å². The Kier molecular flexibility index (Phi) is 3.58. The van der Waals surface area contributed by atoms with Crippen LogP contribution in [0.2, 0.25) is 0 Å². The second kappa shape index (κ2) is 5.14. The van der Waals surface area contributed by atoms with Crippen molar-refractivity contribution in [2.45, 2.75) is 19.8 Å². The maximum atomic E-state index is 8.83. The molecule has 0 aliphatic carbocycles. The number of hydrogen-bond donors (Lipinski definition) is 0. The van der Waals surface area contributed by atoms with Gasteiger partial charge in [-0.2, -0.15) is 5.26 Å². The summed E-state index contributed by atoms with van der Waals surface area (Å²) in [5.41, 5.74) is 2.96. The van der Waals surface area contributed by atoms with Gasteiger partial charge in [-0.05, 0) is 30.9 Å². The molecule has 0 saturated heterocycles. The Labute approximate surface area is 97.5 Å². The highest BCUT2D eigenvalue weighted by Crippen LogP contribution is 2.16. The lowest BCUT2D eigenvalue weighted by molar-refractivity contribution is 0.268. The molecule has 1 aliphatic rings. The van der Waals surface area contributed by atoms with Crippen LogP contribution in [-0.2, 0) is 12.8 Å². The summed E-state index contributed by atoms with van der Waals surface area (Å²) in [4.78, 5) is 2.41. The molecule has 1 aromatic carbocycles. The van der Waals surface area contributed by atoms with E-state index >= 15 is 0 Å². The molecule has 0 amide bonds. The first kappa shape index (κ1) is 11.2. The molecule has 1 unspecified atom stereocenters. The Morgan fingerprint density at radius 3 is 2.31 bits per heavy atom. The first-order valence-corrected chi connectivity index (χ1v) is 5.98. The monoisotopic (exact) mass is 214 g/mol. The average Bonchev–Trinajstić information content (AvgIpc) is 2.52. The highest BCUT2D eigenvalue weighted by atomic mass is 15.1. The zero-order chi connectivity index (χ0) is 11.4. The SMILES string of the molecule is CC(C#N)CN1CCc2ccccc2CC1. The Morgan fingerprint density at radius 2 is 1.81 bits per heavy atom. The van der Waals surface area contributed by atoms with E-state index in [9.17, 15) is 0 Å². The van der Waals surface area contributed by atoms with E-state index in [0.29, 0.717) is 0 Å². The van der Waals surface area contributed by atoms with E-state index in [0.717, 1.165) is 32.5 Å². The highest BCUT2D eigenvalue weighted by molar-refractivity contribution is 5.28. The van der Waals surface area contributed by atoms with Crippen molar-refractivity contribution in [3.8, 4) is 6.07 Å². The van der Waals surface area contributed by atoms with Crippen molar-refractivity contribution in [2.24, 2.45) is 5.92 Å². The molecule has 0 spiro atoms. The normalized spacial score (nSPS) is 18.2. The third-order valence-corrected chi connectivity index (χ3v) is 3.27. The van der Waals surface area contributed by atoms with Gasteiger partial charge in [0.25, 0.3) is 0 Å². The molecule has 0 saturated carbocycles. The Bertz CT molecular complexity index is 365. The van der Waals surface area contributed by atoms with Gasteiger partial charge in [0.1, 0.15) is 0 Å². The summed E-state index contributed by atoms with van der Waals surface area (Å²) in [5.74, 6) is 0.140. The average molecular weight is 214 g/mol. The summed E-state index contributed by atoms with van der Waals surface area (Å²) in [6.45, 7) is 5.08. The fourth-order valence-electron chi connectivity index (χ4n) is 2.32. The minimum absolute atomic E-state index is 0.140. The Hall–Kier alpha value is -1.33. The predicted molar refractivity (Wildman–Crippen MR) is 65.1 cm³/mol. The molecule has 1 heterocycles. The summed E-state index contributed by atoms with van der Waals surface area (Å²) in [6.07, 6.45) is 2.24. The van der Waals surface area contributed by atoms with Gasteiger partial charge in [0.15, 0.2) is 0 Å². The lowest BCUT2D eigenvalue weighted by Gasteiger charge is -2.20. The molecule has 1 aliphatic heterocycles. The fourth-order valence-corrected chi connectivity index (χ4v) is 2.32. The minimum atomic E-state index is 0.140. The van der Waals surface area contributed by atoms with E-state index in [4.69, 9.17) is 5.26 Å². The standard InChI is InChI=1S/C14H18N2/c1-12(10-15)11-16-8-6-13-4-2-3-5-14(13)7-9-16/h2-5,12H,6-9,11H2,1H3. The lowest BCUT2D eigenvalue weighted by Crippen LogP contribution is -2.30. The second-order valence-corrected chi connectivity index (χ2v) is 4.60. The van der Waals surface area contributed by atoms with Crippen molar-refractivity contribution >= 4 is 0 Å². The van der Waals surface area contributed by atoms with Crippen molar-refractivity contribution in [2.75, 3.05) is 19.6 Å². The third kappa shape index (κ3) is 2.62. The first-order chi connectivity index (χ1) is 7.79. The van der Waals surface area contributed by atoms with Gasteiger partial charge in [-0.15, -0.1) is 0 Å². The molecule has 1 aromatic rings. The molecule has 16 heavy (non-hydrogen) atoms. The van der Waals surface area contributed by atoms with Gasteiger partial charge in [-0.3, -0.25) is 0 Å². The molecule has 0 bridgehead atoms. The maximum absolute atomic E-state index is 8.83. The van der Waals surface area contributed by atoms with Crippen molar-refractivity contribution < 1.29 is 0 Å². The van der Waals surface area contributed by atoms with Gasteiger partial charge in [-0.1, -0.05) is 24.3 Å². The maximum Gasteiger partial charge on any atom is 0.0666 e. The van der Waals surface area contributed by atoms with Crippen LogP contribution in [-0.4, -0.2) is 24.5 Å². The molecule has 1 atom stereocenters. The van der Waals surface area contributed by atoms with E-state index in [1.165, 1.54) is 11.1 Å². The van der Waals surface area contributed by atoms with Crippen LogP contribution in [0.15, 0.2) is 24.3 Å². The third-order valence-electron chi connectivity index (χ3n) is 3.27. The van der Waals surface area contributed by atoms with Crippen LogP contribution in [0.3, 0.4) is 0 Å². The highest BCUT2D eigenvalue weighted by Gasteiger charge is 2.14. The van der Waals surface area contributed by atoms with Gasteiger partial charge in [-0.25, -0.2) is 0 Å². The van der Waals surface area contributed by atoms with Crippen molar-refractivity contribution in [3.63, 3.8) is 0 Å². The van der Waals surface area contributed by atoms with Gasteiger partial charge < -0.3 is 4.90 Å². The molecule has 0 aromatic heterocycles. The number of benzene rings is 1. The number of hydrogen-bond acceptors (Lipinski definition) is 2. The smallest absolute Gasteiger partial charge is 0.0666 e. The topological polar surface area (TPSA) is 27.0 Å². The number of nitrogens with zero attached hydrogens (tertiary/aromatic N) is 2. The summed E-state index contributed by atoms with van der Waals surface area (Å²) in [5, 5.41) is 8.83. The first-order valence-electron chi connectivity index (χ1n) is 5.98. The van der Waals surface area contributed by atoms with Crippen LogP contribution in [0.1, 0.15) is 18.1 Å². The van der Waals surface area contributed by atoms with E-state index in [1.54, 1.807) is 0 Å². The molecule has 0 radical (unpaired) electrons. The molecular formula is C14H18N2. The van der Waals surface area contributed by atoms with Crippen LogP contribution in [0.4, 0.5) is 0 Å². The Morgan fingerprint density at radius 1 is 1.25 bits per heavy atom. The summed E-state index contributed by atoms with van der Waals surface area (Å²) in [6, 6.07) is 11.0. The zero-order valence-corrected chi connectivity index (χ0v) is 9.82. The van der Waals surface area contributed by atoms with Crippen molar-refractivity contribution in [1.82, 2.24) is 4.90 Å². The van der Waals surface area contributed by atoms with Gasteiger partial charge in [0.2, 0.25) is 0 Å². The molecule has 2 nitrogen and oxygen atoms in total. The van der Waals surface area contributed by atoms with Crippen LogP contribution < -0.4 is 0 Å². The fraction of sp³-hybridized carbons (Fsp3) is 0.500. The summed E-state index contributed by atoms with van der Waals surface area (Å²) >= 11 is 0. The molecule has 2 heteroatoms. The van der Waals surface area contributed by atoms with Crippen molar-refractivity contribution in [1.29, 1.82) is 5.26 Å².